The van der Waals surface area contributed by atoms with Crippen molar-refractivity contribution in [3.8, 4) is 11.3 Å². The van der Waals surface area contributed by atoms with Crippen LogP contribution in [-0.2, 0) is 11.3 Å². The zero-order valence-electron chi connectivity index (χ0n) is 13.0. The summed E-state index contributed by atoms with van der Waals surface area (Å²) in [5.74, 6) is 1.34. The van der Waals surface area contributed by atoms with Crippen molar-refractivity contribution in [2.75, 3.05) is 0 Å². The quantitative estimate of drug-likeness (QED) is 0.573. The fraction of sp³-hybridized carbons (Fsp3) is 0.389. The standard InChI is InChI=1S/C18H19Cl2NO2/c1-3-5-11(2)22-10-13-17(21-23-18(13)12-8-9-12)16-14(19)6-4-7-15(16)20/h3-4,6-7,11-12H,1,5,8-10H2,2H3. The van der Waals surface area contributed by atoms with Crippen LogP contribution in [0.25, 0.3) is 11.3 Å². The molecule has 1 aliphatic rings. The molecule has 1 saturated carbocycles. The van der Waals surface area contributed by atoms with E-state index in [1.54, 1.807) is 12.1 Å². The Morgan fingerprint density at radius 3 is 2.70 bits per heavy atom. The SMILES string of the molecule is C=CCC(C)OCc1c(-c2c(Cl)cccc2Cl)noc1C1CC1. The van der Waals surface area contributed by atoms with Crippen molar-refractivity contribution in [2.24, 2.45) is 0 Å². The first-order chi connectivity index (χ1) is 11.1. The summed E-state index contributed by atoms with van der Waals surface area (Å²) in [6, 6.07) is 5.43. The van der Waals surface area contributed by atoms with E-state index in [0.717, 1.165) is 30.6 Å². The molecule has 0 saturated heterocycles. The lowest BCUT2D eigenvalue weighted by Gasteiger charge is -2.12. The molecule has 0 spiro atoms. The molecular formula is C18H19Cl2NO2. The minimum absolute atomic E-state index is 0.0871. The number of hydrogen-bond donors (Lipinski definition) is 0. The molecule has 3 nitrogen and oxygen atoms in total. The average Bonchev–Trinajstić information content (AvgIpc) is 3.27. The van der Waals surface area contributed by atoms with Crippen molar-refractivity contribution in [2.45, 2.75) is 44.8 Å². The molecule has 23 heavy (non-hydrogen) atoms. The highest BCUT2D eigenvalue weighted by Gasteiger charge is 2.33. The summed E-state index contributed by atoms with van der Waals surface area (Å²) in [4.78, 5) is 0. The first-order valence-corrected chi connectivity index (χ1v) is 8.52. The number of nitrogens with zero attached hydrogens (tertiary/aromatic N) is 1. The fourth-order valence-electron chi connectivity index (χ4n) is 2.58. The van der Waals surface area contributed by atoms with Crippen LogP contribution in [-0.4, -0.2) is 11.3 Å². The molecule has 122 valence electrons. The molecule has 5 heteroatoms. The molecule has 0 amide bonds. The lowest BCUT2D eigenvalue weighted by atomic mass is 10.0. The van der Waals surface area contributed by atoms with E-state index < -0.39 is 0 Å². The van der Waals surface area contributed by atoms with Gasteiger partial charge in [-0.3, -0.25) is 0 Å². The van der Waals surface area contributed by atoms with E-state index in [2.05, 4.69) is 11.7 Å². The summed E-state index contributed by atoms with van der Waals surface area (Å²) in [6.07, 6.45) is 4.99. The Morgan fingerprint density at radius 2 is 2.09 bits per heavy atom. The van der Waals surface area contributed by atoms with Gasteiger partial charge in [-0.05, 0) is 38.3 Å². The Hall–Kier alpha value is -1.29. The summed E-state index contributed by atoms with van der Waals surface area (Å²) in [5.41, 5.74) is 2.35. The Bertz CT molecular complexity index is 687. The highest BCUT2D eigenvalue weighted by molar-refractivity contribution is 6.39. The summed E-state index contributed by atoms with van der Waals surface area (Å²) in [5, 5.41) is 5.38. The molecule has 1 unspecified atom stereocenters. The first kappa shape index (κ1) is 16.6. The summed E-state index contributed by atoms with van der Waals surface area (Å²) in [6.45, 7) is 6.20. The largest absolute Gasteiger partial charge is 0.373 e. The Morgan fingerprint density at radius 1 is 1.39 bits per heavy atom. The molecule has 1 aromatic heterocycles. The lowest BCUT2D eigenvalue weighted by molar-refractivity contribution is 0.0546. The van der Waals surface area contributed by atoms with Gasteiger partial charge in [0, 0.05) is 17.0 Å². The maximum Gasteiger partial charge on any atom is 0.145 e. The molecule has 2 aromatic rings. The van der Waals surface area contributed by atoms with Crippen LogP contribution in [0.4, 0.5) is 0 Å². The normalized spacial score (nSPS) is 15.6. The highest BCUT2D eigenvalue weighted by Crippen LogP contribution is 2.46. The maximum atomic E-state index is 6.33. The molecule has 3 rings (SSSR count). The number of rotatable bonds is 7. The third-order valence-electron chi connectivity index (χ3n) is 3.98. The number of aromatic nitrogens is 1. The van der Waals surface area contributed by atoms with Crippen LogP contribution in [0.3, 0.4) is 0 Å². The van der Waals surface area contributed by atoms with Crippen molar-refractivity contribution in [1.29, 1.82) is 0 Å². The van der Waals surface area contributed by atoms with Gasteiger partial charge < -0.3 is 9.26 Å². The van der Waals surface area contributed by atoms with Crippen molar-refractivity contribution in [1.82, 2.24) is 5.16 Å². The molecule has 1 aromatic carbocycles. The smallest absolute Gasteiger partial charge is 0.145 e. The van der Waals surface area contributed by atoms with Gasteiger partial charge in [-0.2, -0.15) is 0 Å². The number of ether oxygens (including phenoxy) is 1. The van der Waals surface area contributed by atoms with Gasteiger partial charge in [-0.1, -0.05) is 40.5 Å². The minimum Gasteiger partial charge on any atom is -0.373 e. The van der Waals surface area contributed by atoms with Gasteiger partial charge in [0.25, 0.3) is 0 Å². The van der Waals surface area contributed by atoms with Crippen LogP contribution >= 0.6 is 23.2 Å². The molecule has 1 heterocycles. The van der Waals surface area contributed by atoms with Gasteiger partial charge in [-0.15, -0.1) is 6.58 Å². The van der Waals surface area contributed by atoms with Gasteiger partial charge >= 0.3 is 0 Å². The zero-order chi connectivity index (χ0) is 16.4. The average molecular weight is 352 g/mol. The second-order valence-electron chi connectivity index (χ2n) is 5.89. The number of hydrogen-bond acceptors (Lipinski definition) is 3. The molecular weight excluding hydrogens is 333 g/mol. The van der Waals surface area contributed by atoms with E-state index in [9.17, 15) is 0 Å². The molecule has 0 radical (unpaired) electrons. The summed E-state index contributed by atoms with van der Waals surface area (Å²) < 4.78 is 11.5. The third-order valence-corrected chi connectivity index (χ3v) is 4.61. The molecule has 0 aliphatic heterocycles. The number of halogens is 2. The monoisotopic (exact) mass is 351 g/mol. The molecule has 1 atom stereocenters. The second kappa shape index (κ2) is 7.08. The first-order valence-electron chi connectivity index (χ1n) is 7.77. The van der Waals surface area contributed by atoms with Crippen LogP contribution in [0.5, 0.6) is 0 Å². The van der Waals surface area contributed by atoms with Gasteiger partial charge in [0.15, 0.2) is 0 Å². The van der Waals surface area contributed by atoms with Gasteiger partial charge in [0.1, 0.15) is 11.5 Å². The van der Waals surface area contributed by atoms with E-state index in [-0.39, 0.29) is 6.10 Å². The molecule has 0 N–H and O–H groups in total. The maximum absolute atomic E-state index is 6.33. The second-order valence-corrected chi connectivity index (χ2v) is 6.71. The van der Waals surface area contributed by atoms with Gasteiger partial charge in [-0.25, -0.2) is 0 Å². The summed E-state index contributed by atoms with van der Waals surface area (Å²) >= 11 is 12.7. The molecule has 0 bridgehead atoms. The van der Waals surface area contributed by atoms with Crippen LogP contribution < -0.4 is 0 Å². The van der Waals surface area contributed by atoms with E-state index in [1.807, 2.05) is 19.1 Å². The van der Waals surface area contributed by atoms with Crippen molar-refractivity contribution >= 4 is 23.2 Å². The van der Waals surface area contributed by atoms with E-state index in [0.29, 0.717) is 33.8 Å². The minimum atomic E-state index is 0.0871. The van der Waals surface area contributed by atoms with E-state index in [1.165, 1.54) is 0 Å². The molecule has 1 fully saturated rings. The van der Waals surface area contributed by atoms with Gasteiger partial charge in [0.05, 0.1) is 22.8 Å². The number of benzene rings is 1. The van der Waals surface area contributed by atoms with Crippen LogP contribution in [0.15, 0.2) is 35.4 Å². The van der Waals surface area contributed by atoms with Crippen LogP contribution in [0.2, 0.25) is 10.0 Å². The highest BCUT2D eigenvalue weighted by atomic mass is 35.5. The molecule has 1 aliphatic carbocycles. The van der Waals surface area contributed by atoms with Crippen molar-refractivity contribution < 1.29 is 9.26 Å². The predicted octanol–water partition coefficient (Wildman–Crippen LogP) is 6.01. The topological polar surface area (TPSA) is 35.3 Å². The van der Waals surface area contributed by atoms with Crippen LogP contribution in [0, 0.1) is 0 Å². The van der Waals surface area contributed by atoms with E-state index in [4.69, 9.17) is 32.5 Å². The Balaban J connectivity index is 1.95. The van der Waals surface area contributed by atoms with Crippen LogP contribution in [0.1, 0.15) is 43.4 Å². The van der Waals surface area contributed by atoms with E-state index >= 15 is 0 Å². The Labute approximate surface area is 146 Å². The lowest BCUT2D eigenvalue weighted by Crippen LogP contribution is -2.07. The zero-order valence-corrected chi connectivity index (χ0v) is 14.5. The van der Waals surface area contributed by atoms with Crippen molar-refractivity contribution in [3.05, 3.63) is 52.2 Å². The summed E-state index contributed by atoms with van der Waals surface area (Å²) in [7, 11) is 0. The fourth-order valence-corrected chi connectivity index (χ4v) is 3.15. The van der Waals surface area contributed by atoms with Crippen molar-refractivity contribution in [3.63, 3.8) is 0 Å². The Kier molecular flexibility index (Phi) is 5.10. The predicted molar refractivity (Wildman–Crippen MR) is 93.0 cm³/mol. The third kappa shape index (κ3) is 3.63. The van der Waals surface area contributed by atoms with Gasteiger partial charge in [0.2, 0.25) is 0 Å².